The van der Waals surface area contributed by atoms with E-state index in [9.17, 15) is 4.79 Å². The molecule has 0 saturated heterocycles. The van der Waals surface area contributed by atoms with Gasteiger partial charge in [0.15, 0.2) is 0 Å². The first-order valence-electron chi connectivity index (χ1n) is 6.74. The molecule has 1 amide bonds. The summed E-state index contributed by atoms with van der Waals surface area (Å²) in [5.74, 6) is -0.0161. The van der Waals surface area contributed by atoms with Crippen molar-refractivity contribution in [1.82, 2.24) is 5.32 Å². The van der Waals surface area contributed by atoms with E-state index < -0.39 is 0 Å². The van der Waals surface area contributed by atoms with Crippen molar-refractivity contribution in [3.05, 3.63) is 65.7 Å². The molecule has 104 valence electrons. The first-order valence-corrected chi connectivity index (χ1v) is 7.62. The van der Waals surface area contributed by atoms with E-state index in [2.05, 4.69) is 19.2 Å². The quantitative estimate of drug-likeness (QED) is 0.837. The van der Waals surface area contributed by atoms with Crippen molar-refractivity contribution in [2.75, 3.05) is 0 Å². The van der Waals surface area contributed by atoms with Crippen LogP contribution in [0.3, 0.4) is 0 Å². The fourth-order valence-electron chi connectivity index (χ4n) is 1.88. The van der Waals surface area contributed by atoms with Crippen LogP contribution in [0.5, 0.6) is 0 Å². The van der Waals surface area contributed by atoms with Gasteiger partial charge in [-0.15, -0.1) is 11.8 Å². The van der Waals surface area contributed by atoms with Crippen LogP contribution in [-0.4, -0.2) is 11.2 Å². The Bertz CT molecular complexity index is 566. The van der Waals surface area contributed by atoms with Gasteiger partial charge < -0.3 is 5.32 Å². The zero-order valence-electron chi connectivity index (χ0n) is 11.8. The molecule has 20 heavy (non-hydrogen) atoms. The van der Waals surface area contributed by atoms with E-state index in [1.54, 1.807) is 11.8 Å². The number of benzene rings is 2. The average molecular weight is 285 g/mol. The molecule has 2 nitrogen and oxygen atoms in total. The van der Waals surface area contributed by atoms with Crippen molar-refractivity contribution in [2.24, 2.45) is 0 Å². The third-order valence-electron chi connectivity index (χ3n) is 2.79. The van der Waals surface area contributed by atoms with Crippen LogP contribution >= 0.6 is 11.8 Å². The van der Waals surface area contributed by atoms with Crippen molar-refractivity contribution in [3.63, 3.8) is 0 Å². The fraction of sp³-hybridized carbons (Fsp3) is 0.235. The largest absolute Gasteiger partial charge is 0.348 e. The summed E-state index contributed by atoms with van der Waals surface area (Å²) in [5, 5.41) is 3.43. The highest BCUT2D eigenvalue weighted by atomic mass is 32.2. The van der Waals surface area contributed by atoms with Gasteiger partial charge in [0.1, 0.15) is 0 Å². The Morgan fingerprint density at radius 3 is 2.40 bits per heavy atom. The summed E-state index contributed by atoms with van der Waals surface area (Å²) < 4.78 is 0. The molecule has 0 aromatic heterocycles. The molecule has 0 atom stereocenters. The molecule has 0 heterocycles. The molecule has 1 N–H and O–H groups in total. The van der Waals surface area contributed by atoms with E-state index in [-0.39, 0.29) is 5.91 Å². The Labute approximate surface area is 124 Å². The van der Waals surface area contributed by atoms with Crippen LogP contribution in [0.4, 0.5) is 0 Å². The maximum atomic E-state index is 12.3. The molecule has 0 aliphatic heterocycles. The first-order chi connectivity index (χ1) is 9.66. The number of hydrogen-bond donors (Lipinski definition) is 1. The third-order valence-corrected chi connectivity index (χ3v) is 3.87. The summed E-state index contributed by atoms with van der Waals surface area (Å²) in [5.41, 5.74) is 1.86. The van der Waals surface area contributed by atoms with Crippen molar-refractivity contribution < 1.29 is 4.79 Å². The Hall–Kier alpha value is -1.74. The lowest BCUT2D eigenvalue weighted by atomic mass is 10.2. The van der Waals surface area contributed by atoms with Crippen molar-refractivity contribution >= 4 is 17.7 Å². The van der Waals surface area contributed by atoms with Gasteiger partial charge in [0.25, 0.3) is 5.91 Å². The molecular weight excluding hydrogens is 266 g/mol. The predicted octanol–water partition coefficient (Wildman–Crippen LogP) is 4.12. The second-order valence-electron chi connectivity index (χ2n) is 4.83. The van der Waals surface area contributed by atoms with Gasteiger partial charge in [-0.05, 0) is 17.7 Å². The summed E-state index contributed by atoms with van der Waals surface area (Å²) in [6, 6.07) is 17.7. The van der Waals surface area contributed by atoms with Crippen LogP contribution in [0.25, 0.3) is 0 Å². The highest BCUT2D eigenvalue weighted by molar-refractivity contribution is 8.00. The number of thioether (sulfide) groups is 1. The monoisotopic (exact) mass is 285 g/mol. The average Bonchev–Trinajstić information content (AvgIpc) is 2.46. The highest BCUT2D eigenvalue weighted by Gasteiger charge is 2.11. The van der Waals surface area contributed by atoms with Crippen molar-refractivity contribution in [1.29, 1.82) is 0 Å². The third kappa shape index (κ3) is 4.14. The highest BCUT2D eigenvalue weighted by Crippen LogP contribution is 2.26. The van der Waals surface area contributed by atoms with E-state index >= 15 is 0 Å². The summed E-state index contributed by atoms with van der Waals surface area (Å²) >= 11 is 1.71. The van der Waals surface area contributed by atoms with Crippen LogP contribution in [-0.2, 0) is 6.54 Å². The van der Waals surface area contributed by atoms with Gasteiger partial charge in [-0.2, -0.15) is 0 Å². The molecule has 2 aromatic rings. The Morgan fingerprint density at radius 1 is 1.05 bits per heavy atom. The van der Waals surface area contributed by atoms with E-state index in [0.29, 0.717) is 11.8 Å². The smallest absolute Gasteiger partial charge is 0.252 e. The second kappa shape index (κ2) is 7.15. The van der Waals surface area contributed by atoms with Gasteiger partial charge in [-0.3, -0.25) is 4.79 Å². The van der Waals surface area contributed by atoms with Crippen LogP contribution in [0.15, 0.2) is 59.5 Å². The topological polar surface area (TPSA) is 29.1 Å². The van der Waals surface area contributed by atoms with Gasteiger partial charge in [-0.1, -0.05) is 56.3 Å². The number of hydrogen-bond acceptors (Lipinski definition) is 2. The summed E-state index contributed by atoms with van der Waals surface area (Å²) in [6.07, 6.45) is 0. The van der Waals surface area contributed by atoms with Gasteiger partial charge in [0.2, 0.25) is 0 Å². The number of carbonyl (C=O) groups excluding carboxylic acids is 1. The number of nitrogens with one attached hydrogen (secondary N) is 1. The van der Waals surface area contributed by atoms with Crippen molar-refractivity contribution in [2.45, 2.75) is 30.5 Å². The fourth-order valence-corrected chi connectivity index (χ4v) is 2.84. The normalized spacial score (nSPS) is 10.6. The minimum absolute atomic E-state index is 0.0161. The lowest BCUT2D eigenvalue weighted by Gasteiger charge is -2.11. The minimum atomic E-state index is -0.0161. The molecule has 0 unspecified atom stereocenters. The number of amides is 1. The van der Waals surface area contributed by atoms with Gasteiger partial charge in [0, 0.05) is 16.7 Å². The molecular formula is C17H19NOS. The minimum Gasteiger partial charge on any atom is -0.348 e. The first kappa shape index (κ1) is 14.7. The molecule has 0 fully saturated rings. The molecule has 0 aliphatic carbocycles. The van der Waals surface area contributed by atoms with Gasteiger partial charge >= 0.3 is 0 Å². The molecule has 0 saturated carbocycles. The lowest BCUT2D eigenvalue weighted by Crippen LogP contribution is -2.23. The molecule has 0 bridgehead atoms. The summed E-state index contributed by atoms with van der Waals surface area (Å²) in [7, 11) is 0. The summed E-state index contributed by atoms with van der Waals surface area (Å²) in [4.78, 5) is 13.3. The van der Waals surface area contributed by atoms with E-state index in [4.69, 9.17) is 0 Å². The Balaban J connectivity index is 2.05. The van der Waals surface area contributed by atoms with Gasteiger partial charge in [-0.25, -0.2) is 0 Å². The lowest BCUT2D eigenvalue weighted by molar-refractivity contribution is 0.0948. The zero-order valence-corrected chi connectivity index (χ0v) is 12.6. The Kier molecular flexibility index (Phi) is 5.24. The van der Waals surface area contributed by atoms with E-state index in [1.807, 2.05) is 54.6 Å². The van der Waals surface area contributed by atoms with Crippen LogP contribution in [0, 0.1) is 0 Å². The van der Waals surface area contributed by atoms with E-state index in [0.717, 1.165) is 16.0 Å². The molecule has 2 aromatic carbocycles. The molecule has 0 spiro atoms. The Morgan fingerprint density at radius 2 is 1.70 bits per heavy atom. The SMILES string of the molecule is CC(C)Sc1ccccc1C(=O)NCc1ccccc1. The standard InChI is InChI=1S/C17H19NOS/c1-13(2)20-16-11-7-6-10-15(16)17(19)18-12-14-8-4-3-5-9-14/h3-11,13H,12H2,1-2H3,(H,18,19). The van der Waals surface area contributed by atoms with E-state index in [1.165, 1.54) is 0 Å². The van der Waals surface area contributed by atoms with Gasteiger partial charge in [0.05, 0.1) is 5.56 Å². The van der Waals surface area contributed by atoms with Crippen LogP contribution in [0.1, 0.15) is 29.8 Å². The maximum Gasteiger partial charge on any atom is 0.252 e. The number of carbonyl (C=O) groups is 1. The predicted molar refractivity (Wildman–Crippen MR) is 85.0 cm³/mol. The number of rotatable bonds is 5. The molecule has 0 radical (unpaired) electrons. The summed E-state index contributed by atoms with van der Waals surface area (Å²) in [6.45, 7) is 4.81. The maximum absolute atomic E-state index is 12.3. The zero-order chi connectivity index (χ0) is 14.4. The molecule has 3 heteroatoms. The second-order valence-corrected chi connectivity index (χ2v) is 6.45. The van der Waals surface area contributed by atoms with Crippen LogP contribution < -0.4 is 5.32 Å². The molecule has 2 rings (SSSR count). The molecule has 0 aliphatic rings. The van der Waals surface area contributed by atoms with Crippen LogP contribution in [0.2, 0.25) is 0 Å². The van der Waals surface area contributed by atoms with Crippen molar-refractivity contribution in [3.8, 4) is 0 Å².